The number of hydrogen-bond acceptors (Lipinski definition) is 7. The number of anilines is 1. The van der Waals surface area contributed by atoms with E-state index in [0.29, 0.717) is 11.3 Å². The van der Waals surface area contributed by atoms with Crippen molar-refractivity contribution in [2.24, 2.45) is 0 Å². The monoisotopic (exact) mass is 398 g/mol. The highest BCUT2D eigenvalue weighted by atomic mass is 32.1. The molecule has 0 fully saturated rings. The molecule has 0 bridgehead atoms. The van der Waals surface area contributed by atoms with Gasteiger partial charge >= 0.3 is 5.97 Å². The Morgan fingerprint density at radius 2 is 1.89 bits per heavy atom. The van der Waals surface area contributed by atoms with Crippen LogP contribution >= 0.6 is 11.3 Å². The van der Waals surface area contributed by atoms with Crippen molar-refractivity contribution in [2.75, 3.05) is 18.5 Å². The normalized spacial score (nSPS) is 10.6. The van der Waals surface area contributed by atoms with Crippen LogP contribution in [0.1, 0.15) is 22.3 Å². The van der Waals surface area contributed by atoms with E-state index in [2.05, 4.69) is 10.3 Å². The van der Waals surface area contributed by atoms with Crippen molar-refractivity contribution < 1.29 is 23.9 Å². The van der Waals surface area contributed by atoms with Crippen molar-refractivity contribution in [2.45, 2.75) is 13.5 Å². The van der Waals surface area contributed by atoms with Crippen LogP contribution in [0.15, 0.2) is 48.5 Å². The highest BCUT2D eigenvalue weighted by Crippen LogP contribution is 2.21. The number of hydrogen-bond donors (Lipinski definition) is 1. The first-order valence-electron chi connectivity index (χ1n) is 8.50. The molecule has 0 atom stereocenters. The van der Waals surface area contributed by atoms with Crippen molar-refractivity contribution in [3.8, 4) is 0 Å². The molecule has 28 heavy (non-hydrogen) atoms. The van der Waals surface area contributed by atoms with E-state index >= 15 is 0 Å². The molecule has 0 unspecified atom stereocenters. The standard InChI is InChI=1S/C20H18N2O5S/c1-13(23)14-5-4-6-15(9-14)21-18(24)10-27-20(25)12-26-11-19-22-16-7-2-3-8-17(16)28-19/h2-9H,10-12H2,1H3,(H,21,24). The molecular formula is C20H18N2O5S. The molecule has 7 nitrogen and oxygen atoms in total. The minimum Gasteiger partial charge on any atom is -0.454 e. The smallest absolute Gasteiger partial charge is 0.332 e. The van der Waals surface area contributed by atoms with Gasteiger partial charge in [0.05, 0.1) is 16.8 Å². The molecule has 2 aromatic carbocycles. The number of benzene rings is 2. The lowest BCUT2D eigenvalue weighted by molar-refractivity contribution is -0.152. The fourth-order valence-electron chi connectivity index (χ4n) is 2.40. The van der Waals surface area contributed by atoms with Gasteiger partial charge < -0.3 is 14.8 Å². The van der Waals surface area contributed by atoms with E-state index in [4.69, 9.17) is 9.47 Å². The number of para-hydroxylation sites is 1. The molecule has 1 aromatic heterocycles. The van der Waals surface area contributed by atoms with Gasteiger partial charge in [0.25, 0.3) is 5.91 Å². The summed E-state index contributed by atoms with van der Waals surface area (Å²) >= 11 is 1.50. The average Bonchev–Trinajstić information content (AvgIpc) is 3.09. The van der Waals surface area contributed by atoms with Gasteiger partial charge in [-0.3, -0.25) is 9.59 Å². The van der Waals surface area contributed by atoms with E-state index in [0.717, 1.165) is 15.2 Å². The van der Waals surface area contributed by atoms with E-state index in [9.17, 15) is 14.4 Å². The van der Waals surface area contributed by atoms with Gasteiger partial charge in [-0.1, -0.05) is 24.3 Å². The van der Waals surface area contributed by atoms with E-state index in [1.165, 1.54) is 18.3 Å². The van der Waals surface area contributed by atoms with Gasteiger partial charge in [-0.05, 0) is 31.2 Å². The quantitative estimate of drug-likeness (QED) is 0.463. The molecule has 0 aliphatic rings. The van der Waals surface area contributed by atoms with Gasteiger partial charge in [0.15, 0.2) is 12.4 Å². The number of thiazole rings is 1. The number of fused-ring (bicyclic) bond motifs is 1. The SMILES string of the molecule is CC(=O)c1cccc(NC(=O)COC(=O)COCc2nc3ccccc3s2)c1. The van der Waals surface area contributed by atoms with E-state index in [-0.39, 0.29) is 19.0 Å². The minimum atomic E-state index is -0.645. The molecule has 0 radical (unpaired) electrons. The molecule has 8 heteroatoms. The van der Waals surface area contributed by atoms with Crippen molar-refractivity contribution >= 4 is 44.9 Å². The lowest BCUT2D eigenvalue weighted by Crippen LogP contribution is -2.23. The number of nitrogens with zero attached hydrogens (tertiary/aromatic N) is 1. The number of amides is 1. The van der Waals surface area contributed by atoms with Gasteiger partial charge in [0.2, 0.25) is 0 Å². The highest BCUT2D eigenvalue weighted by molar-refractivity contribution is 7.18. The Morgan fingerprint density at radius 3 is 2.68 bits per heavy atom. The third kappa shape index (κ3) is 5.45. The predicted molar refractivity (Wildman–Crippen MR) is 105 cm³/mol. The van der Waals surface area contributed by atoms with Crippen LogP contribution in [-0.4, -0.2) is 35.9 Å². The van der Waals surface area contributed by atoms with Crippen molar-refractivity contribution in [3.05, 3.63) is 59.1 Å². The molecule has 3 aromatic rings. The molecule has 1 N–H and O–H groups in total. The lowest BCUT2D eigenvalue weighted by Gasteiger charge is -2.07. The van der Waals surface area contributed by atoms with Gasteiger partial charge in [-0.2, -0.15) is 0 Å². The second-order valence-corrected chi connectivity index (χ2v) is 7.03. The summed E-state index contributed by atoms with van der Waals surface area (Å²) < 4.78 is 11.2. The number of carbonyl (C=O) groups is 3. The number of carbonyl (C=O) groups excluding carboxylic acids is 3. The number of ether oxygens (including phenoxy) is 2. The molecule has 3 rings (SSSR count). The van der Waals surface area contributed by atoms with Crippen LogP contribution in [-0.2, 0) is 25.7 Å². The fourth-order valence-corrected chi connectivity index (χ4v) is 3.31. The number of aromatic nitrogens is 1. The topological polar surface area (TPSA) is 94.6 Å². The fraction of sp³-hybridized carbons (Fsp3) is 0.200. The predicted octanol–water partition coefficient (Wildman–Crippen LogP) is 3.20. The zero-order chi connectivity index (χ0) is 19.9. The Labute approximate surface area is 165 Å². The Kier molecular flexibility index (Phi) is 6.46. The number of esters is 1. The number of nitrogens with one attached hydrogen (secondary N) is 1. The summed E-state index contributed by atoms with van der Waals surface area (Å²) in [5.74, 6) is -1.25. The molecule has 0 saturated heterocycles. The first kappa shape index (κ1) is 19.7. The summed E-state index contributed by atoms with van der Waals surface area (Å²) in [6.07, 6.45) is 0. The van der Waals surface area contributed by atoms with Crippen molar-refractivity contribution in [3.63, 3.8) is 0 Å². The molecule has 0 saturated carbocycles. The van der Waals surface area contributed by atoms with E-state index < -0.39 is 18.5 Å². The highest BCUT2D eigenvalue weighted by Gasteiger charge is 2.10. The zero-order valence-electron chi connectivity index (χ0n) is 15.1. The molecule has 0 aliphatic heterocycles. The van der Waals surface area contributed by atoms with Crippen LogP contribution < -0.4 is 5.32 Å². The van der Waals surface area contributed by atoms with Gasteiger partial charge in [0, 0.05) is 11.3 Å². The third-order valence-electron chi connectivity index (χ3n) is 3.70. The second kappa shape index (κ2) is 9.20. The summed E-state index contributed by atoms with van der Waals surface area (Å²) in [7, 11) is 0. The van der Waals surface area contributed by atoms with Crippen molar-refractivity contribution in [1.82, 2.24) is 4.98 Å². The minimum absolute atomic E-state index is 0.104. The number of ketones is 1. The maximum absolute atomic E-state index is 11.9. The Morgan fingerprint density at radius 1 is 1.07 bits per heavy atom. The summed E-state index contributed by atoms with van der Waals surface area (Å²) in [5, 5.41) is 3.33. The van der Waals surface area contributed by atoms with Crippen LogP contribution in [0.2, 0.25) is 0 Å². The van der Waals surface area contributed by atoms with Gasteiger partial charge in [-0.25, -0.2) is 9.78 Å². The molecule has 144 valence electrons. The summed E-state index contributed by atoms with van der Waals surface area (Å²) in [5.41, 5.74) is 1.83. The number of rotatable bonds is 8. The van der Waals surface area contributed by atoms with Crippen LogP contribution in [0.25, 0.3) is 10.2 Å². The zero-order valence-corrected chi connectivity index (χ0v) is 16.0. The Bertz CT molecular complexity index is 982. The summed E-state index contributed by atoms with van der Waals surface area (Å²) in [6.45, 7) is 0.923. The molecule has 0 aliphatic carbocycles. The molecule has 1 heterocycles. The first-order chi connectivity index (χ1) is 13.5. The maximum Gasteiger partial charge on any atom is 0.332 e. The largest absolute Gasteiger partial charge is 0.454 e. The molecule has 0 spiro atoms. The lowest BCUT2D eigenvalue weighted by atomic mass is 10.1. The molecule has 1 amide bonds. The third-order valence-corrected chi connectivity index (χ3v) is 4.71. The maximum atomic E-state index is 11.9. The van der Waals surface area contributed by atoms with Crippen LogP contribution in [0.4, 0.5) is 5.69 Å². The number of Topliss-reactive ketones (excluding diaryl/α,β-unsaturated/α-hetero) is 1. The Hall–Kier alpha value is -3.10. The van der Waals surface area contributed by atoms with E-state index in [1.807, 2.05) is 24.3 Å². The van der Waals surface area contributed by atoms with Crippen molar-refractivity contribution in [1.29, 1.82) is 0 Å². The van der Waals surface area contributed by atoms with E-state index in [1.54, 1.807) is 24.3 Å². The first-order valence-corrected chi connectivity index (χ1v) is 9.31. The van der Waals surface area contributed by atoms with Crippen LogP contribution in [0.3, 0.4) is 0 Å². The van der Waals surface area contributed by atoms with Gasteiger partial charge in [-0.15, -0.1) is 11.3 Å². The second-order valence-electron chi connectivity index (χ2n) is 5.91. The Balaban J connectivity index is 1.39. The van der Waals surface area contributed by atoms with Crippen LogP contribution in [0.5, 0.6) is 0 Å². The average molecular weight is 398 g/mol. The molecular weight excluding hydrogens is 380 g/mol. The van der Waals surface area contributed by atoms with Crippen LogP contribution in [0, 0.1) is 0 Å². The van der Waals surface area contributed by atoms with Gasteiger partial charge in [0.1, 0.15) is 11.6 Å². The summed E-state index contributed by atoms with van der Waals surface area (Å²) in [4.78, 5) is 39.3. The summed E-state index contributed by atoms with van der Waals surface area (Å²) in [6, 6.07) is 14.2.